The van der Waals surface area contributed by atoms with E-state index in [0.29, 0.717) is 21.9 Å². The standard InChI is InChI=1S/C32H18N8O12S4.Cu.2Na/c41-53(42,43)21-19-20(22(54(44,45)46)24(56(50,51)52)23(21)55(47,48)49)32-39-30-18-12-6-4-10-16(18)28(37-30)35-26-14-8-2-1-7-13(14)25(33-26)34-27-15-9-3-5-11-17(15)29(36-27)38-31(19)40-32;;;/h1-12H,(H,41,42,43)(H,44,45,46)(H,47,48,49)(H,50,51,52)(H2,33,34,35,36,37,38,39,40);;;/q;+2;2*+1/p-4. The molecule has 59 heavy (non-hydrogen) atoms. The molecule has 0 spiro atoms. The van der Waals surface area contributed by atoms with E-state index < -0.39 is 82.1 Å². The quantitative estimate of drug-likeness (QED) is 0.128. The Morgan fingerprint density at radius 2 is 0.627 bits per heavy atom. The summed E-state index contributed by atoms with van der Waals surface area (Å²) in [6.07, 6.45) is 0. The molecule has 20 nitrogen and oxygen atoms in total. The molecule has 0 saturated carbocycles. The Hall–Kier alpha value is -3.60. The number of hydrogen-bond donors (Lipinski definition) is 2. The minimum absolute atomic E-state index is 0. The second kappa shape index (κ2) is 15.4. The molecule has 7 aromatic rings. The summed E-state index contributed by atoms with van der Waals surface area (Å²) in [5.74, 6) is -0.637. The van der Waals surface area contributed by atoms with Crippen LogP contribution in [0.2, 0.25) is 0 Å². The Bertz CT molecular complexity index is 3400. The van der Waals surface area contributed by atoms with Gasteiger partial charge in [-0.05, 0) is 0 Å². The zero-order valence-corrected chi connectivity index (χ0v) is 37.7. The van der Waals surface area contributed by atoms with Crippen LogP contribution >= 0.6 is 0 Å². The molecule has 3 aromatic heterocycles. The average Bonchev–Trinajstić information content (AvgIpc) is 3.84. The van der Waals surface area contributed by atoms with E-state index in [1.54, 1.807) is 60.7 Å². The minimum Gasteiger partial charge on any atom is -0.744 e. The fraction of sp³-hybridized carbons (Fsp3) is 0. The summed E-state index contributed by atoms with van der Waals surface area (Å²) in [6, 6.07) is 19.6. The van der Waals surface area contributed by atoms with E-state index >= 15 is 0 Å². The SMILES string of the molecule is O=S(=O)([O-])c1c(S(=O)(=O)[O-])c(S(=O)(=O)[O-])c2c3nc4nc(nc5[nH]c(nc6nc(nc([nH]3)c2c1S(=O)(=O)[O-])-c1ccccc1-6)c1ccccc51)-c1ccccc1-4.[Cu+2].[Na+].[Na+]. The van der Waals surface area contributed by atoms with E-state index in [9.17, 15) is 51.9 Å². The van der Waals surface area contributed by atoms with Crippen LogP contribution in [0.5, 0.6) is 0 Å². The monoisotopic (exact) mass is 939 g/mol. The summed E-state index contributed by atoms with van der Waals surface area (Å²) in [7, 11) is -26.0. The smallest absolute Gasteiger partial charge is 0.744 e. The van der Waals surface area contributed by atoms with Gasteiger partial charge in [0.2, 0.25) is 0 Å². The number of hydrogen-bond acceptors (Lipinski definition) is 18. The zero-order valence-electron chi connectivity index (χ0n) is 29.4. The van der Waals surface area contributed by atoms with Gasteiger partial charge >= 0.3 is 76.2 Å². The van der Waals surface area contributed by atoms with Crippen molar-refractivity contribution < 1.29 is 128 Å². The number of nitrogens with zero attached hydrogens (tertiary/aromatic N) is 6. The first-order valence-electron chi connectivity index (χ1n) is 15.5. The maximum absolute atomic E-state index is 13.0. The van der Waals surface area contributed by atoms with Crippen molar-refractivity contribution in [3.8, 4) is 45.6 Å². The van der Waals surface area contributed by atoms with Crippen LogP contribution in [0.15, 0.2) is 92.4 Å². The molecule has 291 valence electrons. The third-order valence-electron chi connectivity index (χ3n) is 8.82. The van der Waals surface area contributed by atoms with Crippen molar-refractivity contribution in [1.82, 2.24) is 39.9 Å². The van der Waals surface area contributed by atoms with Gasteiger partial charge in [0.25, 0.3) is 0 Å². The predicted octanol–water partition coefficient (Wildman–Crippen LogP) is -3.51. The summed E-state index contributed by atoms with van der Waals surface area (Å²) in [5, 5.41) is -1.56. The van der Waals surface area contributed by atoms with Gasteiger partial charge in [-0.25, -0.2) is 63.6 Å². The minimum atomic E-state index is -6.60. The number of rotatable bonds is 4. The van der Waals surface area contributed by atoms with Crippen LogP contribution in [0.4, 0.5) is 0 Å². The van der Waals surface area contributed by atoms with E-state index in [0.717, 1.165) is 0 Å². The van der Waals surface area contributed by atoms with Crippen molar-refractivity contribution in [2.24, 2.45) is 0 Å². The summed E-state index contributed by atoms with van der Waals surface area (Å²) >= 11 is 0. The van der Waals surface area contributed by atoms with Gasteiger partial charge in [0, 0.05) is 43.8 Å². The molecule has 8 bridgehead atoms. The number of benzene rings is 4. The molecule has 0 atom stereocenters. The van der Waals surface area contributed by atoms with Gasteiger partial charge in [0.1, 0.15) is 63.1 Å². The third kappa shape index (κ3) is 7.47. The van der Waals surface area contributed by atoms with Gasteiger partial charge in [-0.3, -0.25) is 0 Å². The van der Waals surface area contributed by atoms with Gasteiger partial charge in [-0.15, -0.1) is 0 Å². The second-order valence-electron chi connectivity index (χ2n) is 12.1. The molecule has 0 fully saturated rings. The van der Waals surface area contributed by atoms with E-state index in [-0.39, 0.29) is 122 Å². The average molecular weight is 940 g/mol. The molecule has 0 saturated heterocycles. The molecule has 2 aliphatic heterocycles. The van der Waals surface area contributed by atoms with Crippen molar-refractivity contribution in [1.29, 1.82) is 0 Å². The molecule has 0 amide bonds. The number of fused-ring (bicyclic) bond motifs is 20. The van der Waals surface area contributed by atoms with Crippen molar-refractivity contribution >= 4 is 84.6 Å². The number of nitrogens with one attached hydrogen (secondary N) is 2. The first-order chi connectivity index (χ1) is 26.3. The van der Waals surface area contributed by atoms with Crippen molar-refractivity contribution in [2.75, 3.05) is 0 Å². The molecular formula is C32H14CuN8Na2O12S4. The maximum atomic E-state index is 13.0. The van der Waals surface area contributed by atoms with Gasteiger partial charge < -0.3 is 28.2 Å². The molecule has 9 rings (SSSR count). The molecule has 0 unspecified atom stereocenters. The van der Waals surface area contributed by atoms with Crippen LogP contribution in [0.1, 0.15) is 0 Å². The van der Waals surface area contributed by atoms with E-state index in [1.807, 2.05) is 0 Å². The zero-order chi connectivity index (χ0) is 39.7. The topological polar surface area (TPSA) is 338 Å². The molecular weight excluding hydrogens is 926 g/mol. The van der Waals surface area contributed by atoms with Gasteiger partial charge in [-0.2, -0.15) is 0 Å². The summed E-state index contributed by atoms with van der Waals surface area (Å²) in [5.41, 5.74) is -0.283. The Morgan fingerprint density at radius 1 is 0.373 bits per heavy atom. The summed E-state index contributed by atoms with van der Waals surface area (Å²) in [4.78, 5) is 23.0. The number of aromatic amines is 2. The summed E-state index contributed by atoms with van der Waals surface area (Å²) in [6.45, 7) is 0. The van der Waals surface area contributed by atoms with Crippen LogP contribution in [0, 0.1) is 0 Å². The number of H-pyrrole nitrogens is 2. The number of aromatic nitrogens is 8. The van der Waals surface area contributed by atoms with Crippen LogP contribution in [-0.4, -0.2) is 91.8 Å². The predicted molar refractivity (Wildman–Crippen MR) is 188 cm³/mol. The van der Waals surface area contributed by atoms with Crippen molar-refractivity contribution in [3.05, 3.63) is 72.8 Å². The van der Waals surface area contributed by atoms with E-state index in [1.165, 1.54) is 12.1 Å². The van der Waals surface area contributed by atoms with E-state index in [2.05, 4.69) is 29.9 Å². The fourth-order valence-electron chi connectivity index (χ4n) is 6.72. The second-order valence-corrected chi connectivity index (χ2v) is 17.4. The normalized spacial score (nSPS) is 12.5. The maximum Gasteiger partial charge on any atom is 2.00 e. The van der Waals surface area contributed by atoms with Gasteiger partial charge in [0.15, 0.2) is 23.3 Å². The van der Waals surface area contributed by atoms with E-state index in [4.69, 9.17) is 9.97 Å². The molecule has 2 N–H and O–H groups in total. The van der Waals surface area contributed by atoms with Gasteiger partial charge in [0.05, 0.1) is 19.6 Å². The molecule has 27 heteroatoms. The van der Waals surface area contributed by atoms with Crippen molar-refractivity contribution in [3.63, 3.8) is 0 Å². The Kier molecular flexibility index (Phi) is 11.7. The molecule has 4 aromatic carbocycles. The van der Waals surface area contributed by atoms with Crippen LogP contribution < -0.4 is 59.1 Å². The van der Waals surface area contributed by atoms with Crippen LogP contribution in [0.25, 0.3) is 89.7 Å². The first-order valence-corrected chi connectivity index (χ1v) is 21.1. The molecule has 1 radical (unpaired) electrons. The molecule has 5 heterocycles. The largest absolute Gasteiger partial charge is 2.00 e. The summed E-state index contributed by atoms with van der Waals surface area (Å²) < 4.78 is 154. The first kappa shape index (κ1) is 44.9. The van der Waals surface area contributed by atoms with Crippen LogP contribution in [0.3, 0.4) is 0 Å². The third-order valence-corrected chi connectivity index (χ3v) is 12.8. The van der Waals surface area contributed by atoms with Crippen molar-refractivity contribution in [2.45, 2.75) is 19.6 Å². The van der Waals surface area contributed by atoms with Crippen LogP contribution in [-0.2, 0) is 57.5 Å². The van der Waals surface area contributed by atoms with Gasteiger partial charge in [-0.1, -0.05) is 72.8 Å². The fourth-order valence-corrected chi connectivity index (χ4v) is 11.6. The Morgan fingerprint density at radius 3 is 0.915 bits per heavy atom. The Balaban J connectivity index is 0.00000195. The molecule has 0 aliphatic carbocycles. The Labute approximate surface area is 386 Å². The molecule has 2 aliphatic rings.